The number of ether oxygens (including phenoxy) is 3. The Hall–Kier alpha value is -2.99. The first-order valence-corrected chi connectivity index (χ1v) is 8.15. The summed E-state index contributed by atoms with van der Waals surface area (Å²) in [5.74, 6) is 1.05. The van der Waals surface area contributed by atoms with E-state index in [2.05, 4.69) is 0 Å². The van der Waals surface area contributed by atoms with Gasteiger partial charge < -0.3 is 19.3 Å². The van der Waals surface area contributed by atoms with Crippen LogP contribution in [0.4, 0.5) is 0 Å². The third-order valence-corrected chi connectivity index (χ3v) is 4.43. The van der Waals surface area contributed by atoms with Crippen LogP contribution in [0, 0.1) is 6.92 Å². The number of halogens is 1. The number of carbonyl (C=O) groups is 1. The molecule has 6 nitrogen and oxygen atoms in total. The number of aliphatic carboxylic acids is 1. The Morgan fingerprint density at radius 1 is 1.19 bits per heavy atom. The molecule has 2 aromatic carbocycles. The van der Waals surface area contributed by atoms with Gasteiger partial charge in [0, 0.05) is 22.6 Å². The number of fused-ring (bicyclic) bond motifs is 2. The monoisotopic (exact) mass is 387 g/mol. The van der Waals surface area contributed by atoms with Crippen LogP contribution in [-0.4, -0.2) is 30.0 Å². The Morgan fingerprint density at radius 2 is 1.93 bits per heavy atom. The van der Waals surface area contributed by atoms with Crippen LogP contribution in [-0.2, 0) is 11.2 Å². The van der Waals surface area contributed by atoms with Crippen LogP contribution in [0.25, 0.3) is 22.2 Å². The Morgan fingerprint density at radius 3 is 2.63 bits per heavy atom. The second-order valence-electron chi connectivity index (χ2n) is 6.14. The molecule has 0 saturated carbocycles. The van der Waals surface area contributed by atoms with Crippen LogP contribution in [0.5, 0.6) is 17.2 Å². The van der Waals surface area contributed by atoms with Crippen molar-refractivity contribution in [3.63, 3.8) is 0 Å². The van der Waals surface area contributed by atoms with Crippen LogP contribution in [0.15, 0.2) is 36.4 Å². The van der Waals surface area contributed by atoms with E-state index in [1.807, 2.05) is 37.3 Å². The van der Waals surface area contributed by atoms with Crippen molar-refractivity contribution in [2.75, 3.05) is 13.9 Å². The maximum atomic E-state index is 11.1. The zero-order valence-corrected chi connectivity index (χ0v) is 15.6. The van der Waals surface area contributed by atoms with E-state index in [1.165, 1.54) is 7.11 Å². The molecule has 0 spiro atoms. The number of benzene rings is 2. The van der Waals surface area contributed by atoms with Gasteiger partial charge in [0.15, 0.2) is 11.5 Å². The van der Waals surface area contributed by atoms with E-state index in [-0.39, 0.29) is 25.6 Å². The molecule has 0 bridgehead atoms. The van der Waals surface area contributed by atoms with Gasteiger partial charge in [-0.1, -0.05) is 0 Å². The summed E-state index contributed by atoms with van der Waals surface area (Å²) >= 11 is 0. The summed E-state index contributed by atoms with van der Waals surface area (Å²) in [6, 6.07) is 11.3. The molecule has 0 atom stereocenters. The first-order valence-electron chi connectivity index (χ1n) is 8.15. The van der Waals surface area contributed by atoms with Crippen LogP contribution in [0.1, 0.15) is 11.1 Å². The summed E-state index contributed by atoms with van der Waals surface area (Å²) in [4.78, 5) is 15.9. The maximum Gasteiger partial charge on any atom is 0.307 e. The summed E-state index contributed by atoms with van der Waals surface area (Å²) in [5, 5.41) is 10.1. The highest BCUT2D eigenvalue weighted by molar-refractivity contribution is 5.88. The smallest absolute Gasteiger partial charge is 0.307 e. The van der Waals surface area contributed by atoms with E-state index in [1.54, 1.807) is 6.07 Å². The summed E-state index contributed by atoms with van der Waals surface area (Å²) < 4.78 is 16.1. The normalized spacial score (nSPS) is 11.9. The first-order chi connectivity index (χ1) is 12.5. The second-order valence-corrected chi connectivity index (χ2v) is 6.14. The van der Waals surface area contributed by atoms with Crippen molar-refractivity contribution in [3.8, 4) is 28.5 Å². The summed E-state index contributed by atoms with van der Waals surface area (Å²) in [5.41, 5.74) is 4.08. The number of nitrogens with zero attached hydrogens (tertiary/aromatic N) is 1. The van der Waals surface area contributed by atoms with Gasteiger partial charge in [-0.2, -0.15) is 0 Å². The highest BCUT2D eigenvalue weighted by atomic mass is 35.5. The van der Waals surface area contributed by atoms with Gasteiger partial charge in [-0.3, -0.25) is 4.79 Å². The van der Waals surface area contributed by atoms with Gasteiger partial charge in [-0.15, -0.1) is 12.4 Å². The number of methoxy groups -OCH3 is 1. The van der Waals surface area contributed by atoms with Gasteiger partial charge >= 0.3 is 5.97 Å². The Bertz CT molecular complexity index is 1030. The Kier molecular flexibility index (Phi) is 5.10. The number of carboxylic acid groups (broad SMARTS) is 1. The van der Waals surface area contributed by atoms with Crippen molar-refractivity contribution in [3.05, 3.63) is 47.5 Å². The third kappa shape index (κ3) is 3.48. The quantitative estimate of drug-likeness (QED) is 0.729. The van der Waals surface area contributed by atoms with Crippen molar-refractivity contribution < 1.29 is 24.1 Å². The fourth-order valence-corrected chi connectivity index (χ4v) is 3.17. The molecule has 0 radical (unpaired) electrons. The molecule has 4 rings (SSSR count). The SMILES string of the molecule is COc1ccc(-c2cc(C)c3cc4c(cc3n2)OCO4)cc1CC(=O)O.Cl. The lowest BCUT2D eigenvalue weighted by molar-refractivity contribution is -0.136. The van der Waals surface area contributed by atoms with Crippen molar-refractivity contribution in [1.29, 1.82) is 0 Å². The average molecular weight is 388 g/mol. The number of aromatic nitrogens is 1. The van der Waals surface area contributed by atoms with Gasteiger partial charge in [-0.25, -0.2) is 4.98 Å². The summed E-state index contributed by atoms with van der Waals surface area (Å²) in [7, 11) is 1.53. The molecule has 0 amide bonds. The molecule has 3 aromatic rings. The van der Waals surface area contributed by atoms with Gasteiger partial charge in [-0.05, 0) is 42.8 Å². The lowest BCUT2D eigenvalue weighted by atomic mass is 10.0. The van der Waals surface area contributed by atoms with E-state index in [4.69, 9.17) is 24.3 Å². The van der Waals surface area contributed by atoms with Gasteiger partial charge in [0.1, 0.15) is 5.75 Å². The molecule has 1 aromatic heterocycles. The fraction of sp³-hybridized carbons (Fsp3) is 0.200. The minimum Gasteiger partial charge on any atom is -0.496 e. The Balaban J connectivity index is 0.00000210. The van der Waals surface area contributed by atoms with Crippen LogP contribution >= 0.6 is 12.4 Å². The molecule has 27 heavy (non-hydrogen) atoms. The molecule has 1 aliphatic heterocycles. The minimum atomic E-state index is -0.907. The molecule has 0 fully saturated rings. The van der Waals surface area contributed by atoms with Crippen molar-refractivity contribution in [1.82, 2.24) is 4.98 Å². The van der Waals surface area contributed by atoms with Crippen LogP contribution < -0.4 is 14.2 Å². The molecule has 7 heteroatoms. The van der Waals surface area contributed by atoms with E-state index < -0.39 is 5.97 Å². The zero-order chi connectivity index (χ0) is 18.3. The number of rotatable bonds is 4. The number of hydrogen-bond acceptors (Lipinski definition) is 5. The Labute approximate surface area is 162 Å². The highest BCUT2D eigenvalue weighted by Crippen LogP contribution is 2.37. The zero-order valence-electron chi connectivity index (χ0n) is 14.8. The summed E-state index contributed by atoms with van der Waals surface area (Å²) in [6.45, 7) is 2.23. The van der Waals surface area contributed by atoms with E-state index in [0.717, 1.165) is 33.5 Å². The van der Waals surface area contributed by atoms with E-state index >= 15 is 0 Å². The third-order valence-electron chi connectivity index (χ3n) is 4.43. The lowest BCUT2D eigenvalue weighted by Crippen LogP contribution is -2.02. The maximum absolute atomic E-state index is 11.1. The molecule has 140 valence electrons. The predicted octanol–water partition coefficient (Wildman–Crippen LogP) is 4.00. The van der Waals surface area contributed by atoms with Gasteiger partial charge in [0.2, 0.25) is 6.79 Å². The lowest BCUT2D eigenvalue weighted by Gasteiger charge is -2.11. The predicted molar refractivity (Wildman–Crippen MR) is 103 cm³/mol. The van der Waals surface area contributed by atoms with Crippen molar-refractivity contribution in [2.45, 2.75) is 13.3 Å². The van der Waals surface area contributed by atoms with Crippen LogP contribution in [0.3, 0.4) is 0 Å². The average Bonchev–Trinajstić information content (AvgIpc) is 3.07. The molecule has 1 aliphatic rings. The number of pyridine rings is 1. The number of aryl methyl sites for hydroxylation is 1. The molecule has 0 saturated heterocycles. The van der Waals surface area contributed by atoms with Crippen molar-refractivity contribution in [2.24, 2.45) is 0 Å². The molecule has 0 unspecified atom stereocenters. The molecular weight excluding hydrogens is 370 g/mol. The molecule has 2 heterocycles. The second kappa shape index (κ2) is 7.32. The number of carboxylic acids is 1. The van der Waals surface area contributed by atoms with Crippen molar-refractivity contribution >= 4 is 29.3 Å². The highest BCUT2D eigenvalue weighted by Gasteiger charge is 2.17. The fourth-order valence-electron chi connectivity index (χ4n) is 3.17. The molecular formula is C20H18ClNO5. The van der Waals surface area contributed by atoms with Gasteiger partial charge in [0.05, 0.1) is 24.7 Å². The van der Waals surface area contributed by atoms with Gasteiger partial charge in [0.25, 0.3) is 0 Å². The topological polar surface area (TPSA) is 77.9 Å². The number of hydrogen-bond donors (Lipinski definition) is 1. The van der Waals surface area contributed by atoms with E-state index in [0.29, 0.717) is 17.1 Å². The molecule has 1 N–H and O–H groups in total. The van der Waals surface area contributed by atoms with Crippen LogP contribution in [0.2, 0.25) is 0 Å². The standard InChI is InChI=1S/C20H17NO5.ClH/c1-11-5-15(12-3-4-17(24-2)13(6-12)7-20(22)23)21-16-9-19-18(8-14(11)16)25-10-26-19;/h3-6,8-9H,7,10H2,1-2H3,(H,22,23);1H. The molecule has 0 aliphatic carbocycles. The minimum absolute atomic E-state index is 0. The van der Waals surface area contributed by atoms with E-state index in [9.17, 15) is 4.79 Å². The largest absolute Gasteiger partial charge is 0.496 e. The first kappa shape index (κ1) is 18.8. The summed E-state index contributed by atoms with van der Waals surface area (Å²) in [6.07, 6.45) is -0.109.